The van der Waals surface area contributed by atoms with Crippen LogP contribution in [0.3, 0.4) is 0 Å². The van der Waals surface area contributed by atoms with Gasteiger partial charge in [0.2, 0.25) is 0 Å². The number of benzene rings is 2. The van der Waals surface area contributed by atoms with E-state index in [4.69, 9.17) is 23.2 Å². The van der Waals surface area contributed by atoms with Crippen molar-refractivity contribution in [2.75, 3.05) is 12.3 Å². The van der Waals surface area contributed by atoms with E-state index in [0.29, 0.717) is 17.3 Å². The molecule has 0 radical (unpaired) electrons. The van der Waals surface area contributed by atoms with Gasteiger partial charge in [-0.1, -0.05) is 23.2 Å². The Hall–Kier alpha value is -1.76. The number of non-ortho nitro benzene ring substituents is 1. The molecule has 0 aliphatic heterocycles. The van der Waals surface area contributed by atoms with Crippen LogP contribution in [0.4, 0.5) is 5.69 Å². The van der Waals surface area contributed by atoms with Gasteiger partial charge in [0.25, 0.3) is 11.6 Å². The third kappa shape index (κ3) is 5.13. The fourth-order valence-electron chi connectivity index (χ4n) is 1.76. The van der Waals surface area contributed by atoms with Crippen LogP contribution in [0.25, 0.3) is 0 Å². The fraction of sp³-hybridized carbons (Fsp3) is 0.133. The van der Waals surface area contributed by atoms with Gasteiger partial charge < -0.3 is 5.32 Å². The van der Waals surface area contributed by atoms with E-state index in [0.717, 1.165) is 4.90 Å². The predicted octanol–water partition coefficient (Wildman–Crippen LogP) is 4.42. The first-order valence-corrected chi connectivity index (χ1v) is 8.32. The molecule has 120 valence electrons. The SMILES string of the molecule is O=C(NCCSc1ccc(Cl)cc1)c1cc([N+](=O)[O-])ccc1Cl. The van der Waals surface area contributed by atoms with E-state index in [1.807, 2.05) is 12.1 Å². The van der Waals surface area contributed by atoms with Crippen molar-refractivity contribution < 1.29 is 9.72 Å². The molecule has 23 heavy (non-hydrogen) atoms. The molecule has 0 aromatic heterocycles. The number of nitro benzene ring substituents is 1. The van der Waals surface area contributed by atoms with E-state index in [2.05, 4.69) is 5.32 Å². The lowest BCUT2D eigenvalue weighted by molar-refractivity contribution is -0.384. The van der Waals surface area contributed by atoms with E-state index in [1.165, 1.54) is 18.2 Å². The lowest BCUT2D eigenvalue weighted by atomic mass is 10.2. The first-order valence-electron chi connectivity index (χ1n) is 6.58. The Morgan fingerprint density at radius 1 is 1.17 bits per heavy atom. The lowest BCUT2D eigenvalue weighted by Gasteiger charge is -2.07. The number of carbonyl (C=O) groups is 1. The van der Waals surface area contributed by atoms with Gasteiger partial charge in [0, 0.05) is 34.3 Å². The molecule has 0 saturated carbocycles. The summed E-state index contributed by atoms with van der Waals surface area (Å²) in [5.74, 6) is 0.218. The maximum Gasteiger partial charge on any atom is 0.270 e. The molecule has 8 heteroatoms. The average molecular weight is 371 g/mol. The van der Waals surface area contributed by atoms with E-state index >= 15 is 0 Å². The first-order chi connectivity index (χ1) is 11.0. The lowest BCUT2D eigenvalue weighted by Crippen LogP contribution is -2.26. The van der Waals surface area contributed by atoms with Crippen molar-refractivity contribution in [2.24, 2.45) is 0 Å². The molecule has 0 saturated heterocycles. The Balaban J connectivity index is 1.88. The van der Waals surface area contributed by atoms with E-state index in [-0.39, 0.29) is 16.3 Å². The van der Waals surface area contributed by atoms with E-state index < -0.39 is 10.8 Å². The van der Waals surface area contributed by atoms with Crippen LogP contribution in [0, 0.1) is 10.1 Å². The Bertz CT molecular complexity index is 723. The number of nitro groups is 1. The Morgan fingerprint density at radius 2 is 1.87 bits per heavy atom. The second-order valence-electron chi connectivity index (χ2n) is 4.48. The van der Waals surface area contributed by atoms with Crippen LogP contribution in [0.1, 0.15) is 10.4 Å². The zero-order chi connectivity index (χ0) is 16.8. The molecular weight excluding hydrogens is 359 g/mol. The summed E-state index contributed by atoms with van der Waals surface area (Å²) in [5, 5.41) is 14.3. The highest BCUT2D eigenvalue weighted by molar-refractivity contribution is 7.99. The van der Waals surface area contributed by atoms with Crippen molar-refractivity contribution in [3.05, 3.63) is 68.2 Å². The van der Waals surface area contributed by atoms with Gasteiger partial charge in [-0.05, 0) is 30.3 Å². The van der Waals surface area contributed by atoms with Gasteiger partial charge >= 0.3 is 0 Å². The van der Waals surface area contributed by atoms with Gasteiger partial charge in [-0.25, -0.2) is 0 Å². The molecule has 0 spiro atoms. The summed E-state index contributed by atoms with van der Waals surface area (Å²) >= 11 is 13.3. The van der Waals surface area contributed by atoms with Gasteiger partial charge in [0.1, 0.15) is 0 Å². The number of thioether (sulfide) groups is 1. The van der Waals surface area contributed by atoms with E-state index in [9.17, 15) is 14.9 Å². The number of amides is 1. The Kier molecular flexibility index (Phi) is 6.27. The summed E-state index contributed by atoms with van der Waals surface area (Å²) in [4.78, 5) is 23.3. The molecule has 2 rings (SSSR count). The molecule has 1 amide bonds. The highest BCUT2D eigenvalue weighted by Crippen LogP contribution is 2.22. The highest BCUT2D eigenvalue weighted by Gasteiger charge is 2.15. The zero-order valence-electron chi connectivity index (χ0n) is 11.8. The van der Waals surface area contributed by atoms with Crippen molar-refractivity contribution in [3.63, 3.8) is 0 Å². The summed E-state index contributed by atoms with van der Waals surface area (Å²) < 4.78 is 0. The molecule has 0 atom stereocenters. The minimum Gasteiger partial charge on any atom is -0.351 e. The van der Waals surface area contributed by atoms with Crippen molar-refractivity contribution in [1.82, 2.24) is 5.32 Å². The molecule has 1 N–H and O–H groups in total. The van der Waals surface area contributed by atoms with Gasteiger partial charge in [-0.3, -0.25) is 14.9 Å². The van der Waals surface area contributed by atoms with Gasteiger partial charge in [-0.2, -0.15) is 0 Å². The van der Waals surface area contributed by atoms with Crippen LogP contribution in [0.15, 0.2) is 47.4 Å². The fourth-order valence-corrected chi connectivity index (χ4v) is 2.86. The predicted molar refractivity (Wildman–Crippen MR) is 92.6 cm³/mol. The minimum atomic E-state index is -0.566. The smallest absolute Gasteiger partial charge is 0.270 e. The first kappa shape index (κ1) is 17.6. The third-order valence-electron chi connectivity index (χ3n) is 2.88. The number of nitrogens with zero attached hydrogens (tertiary/aromatic N) is 1. The monoisotopic (exact) mass is 370 g/mol. The second-order valence-corrected chi connectivity index (χ2v) is 6.49. The minimum absolute atomic E-state index is 0.0948. The molecular formula is C15H12Cl2N2O3S. The average Bonchev–Trinajstić information content (AvgIpc) is 2.53. The van der Waals surface area contributed by atoms with Crippen LogP contribution < -0.4 is 5.32 Å². The maximum absolute atomic E-state index is 12.1. The highest BCUT2D eigenvalue weighted by atomic mass is 35.5. The molecule has 2 aromatic rings. The number of hydrogen-bond donors (Lipinski definition) is 1. The summed E-state index contributed by atoms with van der Waals surface area (Å²) in [6.45, 7) is 0.408. The van der Waals surface area contributed by atoms with Crippen LogP contribution in [-0.4, -0.2) is 23.1 Å². The van der Waals surface area contributed by atoms with Gasteiger partial charge in [0.15, 0.2) is 0 Å². The standard InChI is InChI=1S/C15H12Cl2N2O3S/c16-10-1-4-12(5-2-10)23-8-7-18-15(20)13-9-11(19(21)22)3-6-14(13)17/h1-6,9H,7-8H2,(H,18,20). The number of rotatable bonds is 6. The van der Waals surface area contributed by atoms with E-state index in [1.54, 1.807) is 23.9 Å². The summed E-state index contributed by atoms with van der Waals surface area (Å²) in [6, 6.07) is 11.2. The molecule has 2 aromatic carbocycles. The summed E-state index contributed by atoms with van der Waals surface area (Å²) in [7, 11) is 0. The molecule has 0 aliphatic rings. The largest absolute Gasteiger partial charge is 0.351 e. The van der Waals surface area contributed by atoms with Crippen molar-refractivity contribution in [3.8, 4) is 0 Å². The van der Waals surface area contributed by atoms with Crippen molar-refractivity contribution in [1.29, 1.82) is 0 Å². The molecule has 5 nitrogen and oxygen atoms in total. The molecule has 0 bridgehead atoms. The number of halogens is 2. The summed E-state index contributed by atoms with van der Waals surface area (Å²) in [5.41, 5.74) is -0.0764. The number of hydrogen-bond acceptors (Lipinski definition) is 4. The molecule has 0 unspecified atom stereocenters. The number of nitrogens with one attached hydrogen (secondary N) is 1. The van der Waals surface area contributed by atoms with Crippen molar-refractivity contribution in [2.45, 2.75) is 4.90 Å². The van der Waals surface area contributed by atoms with Crippen molar-refractivity contribution >= 4 is 46.6 Å². The van der Waals surface area contributed by atoms with Gasteiger partial charge in [0.05, 0.1) is 15.5 Å². The maximum atomic E-state index is 12.1. The van der Waals surface area contributed by atoms with Crippen LogP contribution in [0.2, 0.25) is 10.0 Å². The quantitative estimate of drug-likeness (QED) is 0.353. The van der Waals surface area contributed by atoms with Crippen LogP contribution in [-0.2, 0) is 0 Å². The Labute approximate surface area is 147 Å². The van der Waals surface area contributed by atoms with Crippen LogP contribution >= 0.6 is 35.0 Å². The second kappa shape index (κ2) is 8.19. The zero-order valence-corrected chi connectivity index (χ0v) is 14.1. The van der Waals surface area contributed by atoms with Gasteiger partial charge in [-0.15, -0.1) is 11.8 Å². The normalized spacial score (nSPS) is 10.3. The topological polar surface area (TPSA) is 72.2 Å². The molecule has 0 aliphatic carbocycles. The number of carbonyl (C=O) groups excluding carboxylic acids is 1. The molecule has 0 fully saturated rings. The summed E-state index contributed by atoms with van der Waals surface area (Å²) in [6.07, 6.45) is 0. The Morgan fingerprint density at radius 3 is 2.52 bits per heavy atom. The van der Waals surface area contributed by atoms with Crippen LogP contribution in [0.5, 0.6) is 0 Å². The third-order valence-corrected chi connectivity index (χ3v) is 4.47. The molecule has 0 heterocycles.